The Morgan fingerprint density at radius 2 is 0.347 bits per heavy atom. The van der Waals surface area contributed by atoms with E-state index in [0.717, 1.165) is 144 Å². The minimum Gasteiger partial charge on any atom is -0.261 e. The number of benzene rings is 7. The first-order chi connectivity index (χ1) is 68.0. The topological polar surface area (TPSA) is 180 Å². The highest BCUT2D eigenvalue weighted by Crippen LogP contribution is 2.36. The third-order valence-electron chi connectivity index (χ3n) is 21.7. The Labute approximate surface area is 860 Å². The van der Waals surface area contributed by atoms with Crippen molar-refractivity contribution >= 4 is 151 Å². The van der Waals surface area contributed by atoms with Crippen molar-refractivity contribution in [2.24, 2.45) is 41.4 Å². The summed E-state index contributed by atoms with van der Waals surface area (Å²) in [4.78, 5) is 61.7. The zero-order chi connectivity index (χ0) is 106. The van der Waals surface area contributed by atoms with Gasteiger partial charge in [-0.05, 0) is 326 Å². The van der Waals surface area contributed by atoms with Gasteiger partial charge in [-0.1, -0.05) is 230 Å². The molecule has 14 heterocycles. The van der Waals surface area contributed by atoms with Crippen LogP contribution in [0.25, 0.3) is 151 Å². The molecule has 7 aromatic carbocycles. The summed E-state index contributed by atoms with van der Waals surface area (Å²) in [5.74, 6) is 5.83. The van der Waals surface area contributed by atoms with E-state index in [1.807, 2.05) is 145 Å². The van der Waals surface area contributed by atoms with Gasteiger partial charge in [0.05, 0.1) is 0 Å². The molecule has 0 spiro atoms. The van der Waals surface area contributed by atoms with Crippen molar-refractivity contribution in [2.45, 2.75) is 270 Å². The van der Waals surface area contributed by atoms with E-state index >= 15 is 0 Å². The second-order valence-electron chi connectivity index (χ2n) is 42.6. The number of hydrogen-bond donors (Lipinski definition) is 0. The first-order valence-corrected chi connectivity index (χ1v) is 51.4. The highest BCUT2D eigenvalue weighted by atomic mass is 14.7. The van der Waals surface area contributed by atoms with Gasteiger partial charge in [0.25, 0.3) is 0 Å². The number of fused-ring (bicyclic) bond motifs is 21. The van der Waals surface area contributed by atoms with Gasteiger partial charge in [0.15, 0.2) is 0 Å². The van der Waals surface area contributed by atoms with Crippen molar-refractivity contribution < 1.29 is 0 Å². The predicted octanol–water partition coefficient (Wildman–Crippen LogP) is 36.7. The second-order valence-corrected chi connectivity index (χ2v) is 42.6. The maximum atomic E-state index is 4.56. The molecule has 0 bridgehead atoms. The summed E-state index contributed by atoms with van der Waals surface area (Å²) in [6.45, 7) is 82.2. The summed E-state index contributed by atoms with van der Waals surface area (Å²) in [5.41, 5.74) is 19.2. The molecule has 752 valence electrons. The molecule has 21 aromatic rings. The van der Waals surface area contributed by atoms with Crippen LogP contribution < -0.4 is 0 Å². The summed E-state index contributed by atoms with van der Waals surface area (Å²) >= 11 is 0. The van der Waals surface area contributed by atoms with Crippen LogP contribution in [0, 0.1) is 166 Å². The third-order valence-corrected chi connectivity index (χ3v) is 21.7. The van der Waals surface area contributed by atoms with Crippen LogP contribution in [0.4, 0.5) is 0 Å². The van der Waals surface area contributed by atoms with Crippen LogP contribution in [-0.4, -0.2) is 69.8 Å². The largest absolute Gasteiger partial charge is 0.261 e. The van der Waals surface area contributed by atoms with Crippen LogP contribution in [0.15, 0.2) is 232 Å². The molecular formula is C130H162N14. The second kappa shape index (κ2) is 54.7. The lowest BCUT2D eigenvalue weighted by molar-refractivity contribution is 0.736. The average molecular weight is 1920 g/mol. The molecule has 0 radical (unpaired) electrons. The third kappa shape index (κ3) is 33.7. The molecule has 0 atom stereocenters. The van der Waals surface area contributed by atoms with Crippen molar-refractivity contribution in [3.63, 3.8) is 0 Å². The van der Waals surface area contributed by atoms with Gasteiger partial charge in [0, 0.05) is 240 Å². The zero-order valence-corrected chi connectivity index (χ0v) is 94.2. The fourth-order valence-corrected chi connectivity index (χ4v) is 16.3. The highest BCUT2D eigenvalue weighted by Gasteiger charge is 2.14. The monoisotopic (exact) mass is 1920 g/mol. The summed E-state index contributed by atoms with van der Waals surface area (Å²) in [7, 11) is 0. The number of rotatable bonds is 0. The van der Waals surface area contributed by atoms with Crippen LogP contribution in [0.1, 0.15) is 248 Å². The van der Waals surface area contributed by atoms with Crippen molar-refractivity contribution in [1.82, 2.24) is 69.8 Å². The zero-order valence-electron chi connectivity index (χ0n) is 94.2. The first-order valence-electron chi connectivity index (χ1n) is 51.4. The van der Waals surface area contributed by atoms with Crippen LogP contribution in [-0.2, 0) is 0 Å². The van der Waals surface area contributed by atoms with E-state index in [4.69, 9.17) is 0 Å². The Morgan fingerprint density at radius 3 is 0.736 bits per heavy atom. The van der Waals surface area contributed by atoms with Crippen molar-refractivity contribution in [3.8, 4) is 0 Å². The fraction of sp³-hybridized carbons (Fsp3) is 0.354. The van der Waals surface area contributed by atoms with Crippen LogP contribution in [0.3, 0.4) is 0 Å². The Balaban J connectivity index is 0.000000196. The molecule has 0 aliphatic heterocycles. The van der Waals surface area contributed by atoms with Crippen molar-refractivity contribution in [1.29, 1.82) is 0 Å². The van der Waals surface area contributed by atoms with Gasteiger partial charge < -0.3 is 0 Å². The summed E-state index contributed by atoms with van der Waals surface area (Å²) in [5, 5.41) is 34.5. The van der Waals surface area contributed by atoms with E-state index < -0.39 is 0 Å². The maximum absolute atomic E-state index is 4.56. The van der Waals surface area contributed by atoms with Crippen LogP contribution >= 0.6 is 0 Å². The van der Waals surface area contributed by atoms with E-state index in [1.165, 1.54) is 151 Å². The Morgan fingerprint density at radius 1 is 0.132 bits per heavy atom. The molecule has 14 nitrogen and oxygen atoms in total. The van der Waals surface area contributed by atoms with Gasteiger partial charge in [0.2, 0.25) is 0 Å². The van der Waals surface area contributed by atoms with Crippen LogP contribution in [0.2, 0.25) is 0 Å². The standard InChI is InChI=1S/4C15H14N2.3C14H12N2.7C4H10/c1-9-7-14-13(8-16-9)5-4-12-6-10(2)17-11(3)15(12)14;1-9-6-12-4-5-13-11(3)17-10(2)7-14(13)15(12)8-16-9;1-9-8-12-4-5-13-10(2)16-7-6-14(13)15(12)11(3)17-9;1-9-8-14-13(10(2)17-9)5-4-12-6-7-16-11(3)15(12)14;1-9-5-11-3-4-12-7-15-10(2)6-13(12)14(11)8-16-9;1-9-12-4-3-11-5-7-16-10(2)14(11)13(12)6-8-15-9;1-9-7-11-3-4-12-10(2)15-6-5-13(12)14(11)8-16-9;7*1-4(2)3/h4*4-8H,1-3H3;3*3-8H,1-2H3;7*4H,1-3H3. The minimum atomic E-state index is 0.833. The quantitative estimate of drug-likeness (QED) is 0.131. The SMILES string of the molecule is CC(C)C.CC(C)C.CC(C)C.CC(C)C.CC(C)C.CC(C)C.CC(C)C.Cc1cc2c(ccc3cc(C)nc(C)c32)cn1.Cc1cc2c(ccc3ccnc(C)c32)c(C)n1.Cc1cc2ccc3c(C)nc(C)cc3c2cn1.Cc1cc2ccc3c(C)nccc3c2c(C)n1.Cc1cc2ccc3c(C)nccc3c2cn1.Cc1cc2ccc3cnc(C)cc3c2cn1.Cc1nccc2c1ccc1ccnc(C)c12. The van der Waals surface area contributed by atoms with E-state index in [-0.39, 0.29) is 0 Å². The Bertz CT molecular complexity index is 7690. The van der Waals surface area contributed by atoms with E-state index in [2.05, 4.69) is 427 Å². The number of aromatic nitrogens is 14. The van der Waals surface area contributed by atoms with Gasteiger partial charge in [-0.2, -0.15) is 0 Å². The molecule has 0 N–H and O–H groups in total. The molecule has 0 aliphatic carbocycles. The Hall–Kier alpha value is -13.7. The predicted molar refractivity (Wildman–Crippen MR) is 628 cm³/mol. The molecule has 0 fully saturated rings. The highest BCUT2D eigenvalue weighted by molar-refractivity contribution is 6.14. The first kappa shape index (κ1) is 116. The molecule has 0 saturated heterocycles. The average Bonchev–Trinajstić information content (AvgIpc) is 0.680. The van der Waals surface area contributed by atoms with E-state index in [1.54, 1.807) is 0 Å². The lowest BCUT2D eigenvalue weighted by atomic mass is 10.0. The molecular weight excluding hydrogens is 1760 g/mol. The fourth-order valence-electron chi connectivity index (χ4n) is 16.3. The van der Waals surface area contributed by atoms with Crippen LogP contribution in [0.5, 0.6) is 0 Å². The van der Waals surface area contributed by atoms with E-state index in [0.29, 0.717) is 0 Å². The number of hydrogen-bond acceptors (Lipinski definition) is 14. The summed E-state index contributed by atoms with van der Waals surface area (Å²) in [6, 6.07) is 59.5. The van der Waals surface area contributed by atoms with E-state index in [9.17, 15) is 0 Å². The van der Waals surface area contributed by atoms with Gasteiger partial charge in [-0.25, -0.2) is 0 Å². The normalized spacial score (nSPS) is 10.8. The molecule has 0 saturated carbocycles. The van der Waals surface area contributed by atoms with Crippen molar-refractivity contribution in [3.05, 3.63) is 334 Å². The maximum Gasteiger partial charge on any atom is 0.0460 e. The molecule has 21 rings (SSSR count). The molecule has 0 unspecified atom stereocenters. The minimum absolute atomic E-state index is 0.833. The number of aryl methyl sites for hydroxylation is 18. The molecule has 0 aliphatic rings. The van der Waals surface area contributed by atoms with Gasteiger partial charge >= 0.3 is 0 Å². The Kier molecular flexibility index (Phi) is 43.9. The van der Waals surface area contributed by atoms with Gasteiger partial charge in [-0.3, -0.25) is 69.8 Å². The summed E-state index contributed by atoms with van der Waals surface area (Å²) in [6.07, 6.45) is 19.0. The molecule has 0 amide bonds. The summed E-state index contributed by atoms with van der Waals surface area (Å²) < 4.78 is 0. The lowest BCUT2D eigenvalue weighted by Crippen LogP contribution is -1.91. The number of pyridine rings is 14. The molecule has 144 heavy (non-hydrogen) atoms. The molecule has 14 heteroatoms. The van der Waals surface area contributed by atoms with Gasteiger partial charge in [0.1, 0.15) is 0 Å². The lowest BCUT2D eigenvalue weighted by Gasteiger charge is -2.08. The smallest absolute Gasteiger partial charge is 0.0460 e. The molecule has 14 aromatic heterocycles. The number of nitrogens with zero attached hydrogens (tertiary/aromatic N) is 14. The van der Waals surface area contributed by atoms with Crippen molar-refractivity contribution in [2.75, 3.05) is 0 Å². The van der Waals surface area contributed by atoms with Gasteiger partial charge in [-0.15, -0.1) is 0 Å².